The number of ether oxygens (including phenoxy) is 1. The Bertz CT molecular complexity index is 300. The van der Waals surface area contributed by atoms with Gasteiger partial charge in [-0.15, -0.1) is 0 Å². The van der Waals surface area contributed by atoms with Gasteiger partial charge in [0, 0.05) is 12.3 Å². The highest BCUT2D eigenvalue weighted by atomic mass is 32.2. The van der Waals surface area contributed by atoms with Crippen LogP contribution in [0.3, 0.4) is 0 Å². The van der Waals surface area contributed by atoms with Crippen molar-refractivity contribution in [1.29, 1.82) is 0 Å². The third-order valence-corrected chi connectivity index (χ3v) is 5.33. The molecule has 1 amide bonds. The summed E-state index contributed by atoms with van der Waals surface area (Å²) in [6.07, 6.45) is 6.71. The lowest BCUT2D eigenvalue weighted by Crippen LogP contribution is -2.39. The molecule has 2 saturated heterocycles. The van der Waals surface area contributed by atoms with Crippen LogP contribution < -0.4 is 0 Å². The van der Waals surface area contributed by atoms with Gasteiger partial charge in [0.25, 0.3) is 0 Å². The van der Waals surface area contributed by atoms with E-state index in [1.54, 1.807) is 0 Å². The van der Waals surface area contributed by atoms with E-state index in [4.69, 9.17) is 4.74 Å². The third-order valence-electron chi connectivity index (χ3n) is 4.34. The molecule has 3 fully saturated rings. The molecular formula is C13H21NO2S. The Kier molecular flexibility index (Phi) is 3.24. The van der Waals surface area contributed by atoms with Crippen molar-refractivity contribution in [3.05, 3.63) is 0 Å². The second-order valence-electron chi connectivity index (χ2n) is 5.62. The van der Waals surface area contributed by atoms with Crippen LogP contribution in [0.4, 0.5) is 4.79 Å². The van der Waals surface area contributed by atoms with Crippen molar-refractivity contribution in [1.82, 2.24) is 4.90 Å². The molecule has 0 bridgehead atoms. The van der Waals surface area contributed by atoms with E-state index in [0.29, 0.717) is 11.2 Å². The lowest BCUT2D eigenvalue weighted by molar-refractivity contribution is 0.131. The maximum absolute atomic E-state index is 11.9. The number of rotatable bonds is 3. The Morgan fingerprint density at radius 3 is 2.71 bits per heavy atom. The summed E-state index contributed by atoms with van der Waals surface area (Å²) in [7, 11) is 0. The molecule has 0 aromatic carbocycles. The number of hydrogen-bond acceptors (Lipinski definition) is 3. The van der Waals surface area contributed by atoms with Gasteiger partial charge in [-0.25, -0.2) is 4.79 Å². The molecule has 0 aromatic rings. The Hall–Kier alpha value is -0.380. The zero-order valence-corrected chi connectivity index (χ0v) is 11.2. The topological polar surface area (TPSA) is 29.5 Å². The van der Waals surface area contributed by atoms with Crippen molar-refractivity contribution in [2.24, 2.45) is 5.92 Å². The first-order valence-electron chi connectivity index (χ1n) is 6.84. The minimum Gasteiger partial charge on any atom is -0.443 e. The molecule has 3 atom stereocenters. The number of amides is 1. The first-order valence-corrected chi connectivity index (χ1v) is 7.89. The molecule has 3 nitrogen and oxygen atoms in total. The molecule has 0 spiro atoms. The molecule has 4 heteroatoms. The molecule has 2 aliphatic heterocycles. The highest BCUT2D eigenvalue weighted by Crippen LogP contribution is 2.40. The largest absolute Gasteiger partial charge is 0.443 e. The fourth-order valence-electron chi connectivity index (χ4n) is 3.15. The monoisotopic (exact) mass is 255 g/mol. The van der Waals surface area contributed by atoms with Crippen molar-refractivity contribution in [3.63, 3.8) is 0 Å². The van der Waals surface area contributed by atoms with Crippen LogP contribution in [-0.2, 0) is 4.74 Å². The number of thioether (sulfide) groups is 1. The molecule has 2 heterocycles. The lowest BCUT2D eigenvalue weighted by Gasteiger charge is -2.28. The van der Waals surface area contributed by atoms with Gasteiger partial charge in [-0.3, -0.25) is 0 Å². The zero-order valence-electron chi connectivity index (χ0n) is 10.4. The van der Waals surface area contributed by atoms with Gasteiger partial charge < -0.3 is 9.64 Å². The molecule has 0 radical (unpaired) electrons. The van der Waals surface area contributed by atoms with Gasteiger partial charge in [-0.05, 0) is 25.7 Å². The van der Waals surface area contributed by atoms with E-state index >= 15 is 0 Å². The number of nitrogens with zero attached hydrogens (tertiary/aromatic N) is 1. The van der Waals surface area contributed by atoms with Crippen molar-refractivity contribution in [3.8, 4) is 0 Å². The van der Waals surface area contributed by atoms with Crippen molar-refractivity contribution in [2.45, 2.75) is 56.4 Å². The van der Waals surface area contributed by atoms with Gasteiger partial charge in [0.1, 0.15) is 6.10 Å². The average molecular weight is 255 g/mol. The van der Waals surface area contributed by atoms with Gasteiger partial charge in [-0.1, -0.05) is 19.3 Å². The molecule has 17 heavy (non-hydrogen) atoms. The van der Waals surface area contributed by atoms with E-state index in [-0.39, 0.29) is 18.2 Å². The summed E-state index contributed by atoms with van der Waals surface area (Å²) in [6, 6.07) is 0.282. The Balaban J connectivity index is 1.59. The first kappa shape index (κ1) is 11.7. The number of carbonyl (C=O) groups excluding carboxylic acids is 1. The van der Waals surface area contributed by atoms with E-state index < -0.39 is 0 Å². The number of carbonyl (C=O) groups is 1. The summed E-state index contributed by atoms with van der Waals surface area (Å²) in [6.45, 7) is 3.07. The van der Waals surface area contributed by atoms with Crippen LogP contribution in [-0.4, -0.2) is 40.7 Å². The Morgan fingerprint density at radius 1 is 1.35 bits per heavy atom. The van der Waals surface area contributed by atoms with E-state index in [9.17, 15) is 4.79 Å². The maximum atomic E-state index is 11.9. The highest BCUT2D eigenvalue weighted by Gasteiger charge is 2.47. The van der Waals surface area contributed by atoms with E-state index in [1.807, 2.05) is 16.7 Å². The van der Waals surface area contributed by atoms with Gasteiger partial charge >= 0.3 is 6.09 Å². The van der Waals surface area contributed by atoms with Crippen LogP contribution in [0.1, 0.15) is 39.0 Å². The predicted molar refractivity (Wildman–Crippen MR) is 69.3 cm³/mol. The quantitative estimate of drug-likeness (QED) is 0.726. The average Bonchev–Trinajstić information content (AvgIpc) is 3.13. The highest BCUT2D eigenvalue weighted by molar-refractivity contribution is 8.06. The van der Waals surface area contributed by atoms with Gasteiger partial charge in [0.05, 0.1) is 11.3 Å². The van der Waals surface area contributed by atoms with E-state index in [1.165, 1.54) is 37.9 Å². The van der Waals surface area contributed by atoms with Crippen molar-refractivity contribution in [2.75, 3.05) is 12.3 Å². The summed E-state index contributed by atoms with van der Waals surface area (Å²) in [4.78, 5) is 13.9. The fourth-order valence-corrected chi connectivity index (χ4v) is 3.92. The van der Waals surface area contributed by atoms with Gasteiger partial charge in [0.15, 0.2) is 0 Å². The molecule has 0 N–H and O–H groups in total. The standard InChI is InChI=1S/C13H21NO2S/c1-9-12(11-8-17-11)16-13(15)14(9)7-10-5-3-2-4-6-10/h9-12H,2-8H2,1H3/t9-,11-,12+/m1/s1. The molecular weight excluding hydrogens is 234 g/mol. The van der Waals surface area contributed by atoms with Crippen LogP contribution in [0.25, 0.3) is 0 Å². The summed E-state index contributed by atoms with van der Waals surface area (Å²) in [5.74, 6) is 1.88. The Morgan fingerprint density at radius 2 is 2.06 bits per heavy atom. The van der Waals surface area contributed by atoms with Gasteiger partial charge in [0.2, 0.25) is 0 Å². The van der Waals surface area contributed by atoms with Crippen LogP contribution in [0.5, 0.6) is 0 Å². The zero-order chi connectivity index (χ0) is 11.8. The molecule has 3 rings (SSSR count). The number of cyclic esters (lactones) is 1. The predicted octanol–water partition coefficient (Wildman–Crippen LogP) is 2.89. The molecule has 3 aliphatic rings. The van der Waals surface area contributed by atoms with Crippen LogP contribution in [0, 0.1) is 5.92 Å². The maximum Gasteiger partial charge on any atom is 0.410 e. The number of hydrogen-bond donors (Lipinski definition) is 0. The van der Waals surface area contributed by atoms with Crippen LogP contribution in [0.2, 0.25) is 0 Å². The minimum atomic E-state index is -0.0689. The first-order chi connectivity index (χ1) is 8.25. The molecule has 1 aliphatic carbocycles. The molecule has 96 valence electrons. The van der Waals surface area contributed by atoms with Crippen LogP contribution >= 0.6 is 11.8 Å². The van der Waals surface area contributed by atoms with E-state index in [2.05, 4.69) is 6.92 Å². The van der Waals surface area contributed by atoms with Crippen molar-refractivity contribution < 1.29 is 9.53 Å². The third kappa shape index (κ3) is 2.42. The smallest absolute Gasteiger partial charge is 0.410 e. The second-order valence-corrected chi connectivity index (χ2v) is 6.89. The summed E-state index contributed by atoms with van der Waals surface area (Å²) < 4.78 is 5.52. The van der Waals surface area contributed by atoms with Gasteiger partial charge in [-0.2, -0.15) is 11.8 Å². The van der Waals surface area contributed by atoms with E-state index in [0.717, 1.165) is 6.54 Å². The normalized spacial score (nSPS) is 38.3. The van der Waals surface area contributed by atoms with Crippen LogP contribution in [0.15, 0.2) is 0 Å². The lowest BCUT2D eigenvalue weighted by atomic mass is 9.88. The summed E-state index contributed by atoms with van der Waals surface area (Å²) >= 11 is 1.92. The molecule has 0 unspecified atom stereocenters. The minimum absolute atomic E-state index is 0.0689. The fraction of sp³-hybridized carbons (Fsp3) is 0.923. The Labute approximate surface area is 107 Å². The van der Waals surface area contributed by atoms with Crippen molar-refractivity contribution >= 4 is 17.9 Å². The molecule has 0 aromatic heterocycles. The SMILES string of the molecule is C[C@@H]1[C@@H]([C@H]2CS2)OC(=O)N1CC1CCCCC1. The molecule has 1 saturated carbocycles. The second kappa shape index (κ2) is 4.71. The summed E-state index contributed by atoms with van der Waals surface area (Å²) in [5, 5.41) is 0.574. The summed E-state index contributed by atoms with van der Waals surface area (Å²) in [5.41, 5.74) is 0.